The van der Waals surface area contributed by atoms with E-state index < -0.39 is 23.7 Å². The first-order valence-corrected chi connectivity index (χ1v) is 19.2. The lowest BCUT2D eigenvalue weighted by Crippen LogP contribution is -2.52. The maximum atomic E-state index is 15.1. The lowest BCUT2D eigenvalue weighted by atomic mass is 9.94. The predicted octanol–water partition coefficient (Wildman–Crippen LogP) is 4.49. The minimum atomic E-state index is -0.856. The molecule has 4 aliphatic heterocycles. The number of piperidine rings is 4. The highest BCUT2D eigenvalue weighted by Gasteiger charge is 2.30. The van der Waals surface area contributed by atoms with Gasteiger partial charge >= 0.3 is 0 Å². The molecule has 14 nitrogen and oxygen atoms in total. The second-order valence-electron chi connectivity index (χ2n) is 15.0. The zero-order valence-electron chi connectivity index (χ0n) is 30.3. The van der Waals surface area contributed by atoms with Crippen LogP contribution in [-0.2, 0) is 9.59 Å². The minimum Gasteiger partial charge on any atom is -0.371 e. The van der Waals surface area contributed by atoms with Gasteiger partial charge in [-0.15, -0.1) is 0 Å². The summed E-state index contributed by atoms with van der Waals surface area (Å²) in [5.41, 5.74) is 3.28. The molecule has 15 heteroatoms. The van der Waals surface area contributed by atoms with Gasteiger partial charge in [0.15, 0.2) is 0 Å². The van der Waals surface area contributed by atoms with Crippen molar-refractivity contribution in [2.75, 3.05) is 60.9 Å². The molecule has 2 aromatic carbocycles. The number of benzene rings is 2. The highest BCUT2D eigenvalue weighted by molar-refractivity contribution is 6.06. The van der Waals surface area contributed by atoms with Crippen LogP contribution in [0.25, 0.3) is 10.9 Å². The average Bonchev–Trinajstić information content (AvgIpc) is 3.88. The van der Waals surface area contributed by atoms with Crippen molar-refractivity contribution in [3.63, 3.8) is 0 Å². The average molecular weight is 740 g/mol. The third-order valence-corrected chi connectivity index (χ3v) is 11.4. The van der Waals surface area contributed by atoms with E-state index in [0.717, 1.165) is 112 Å². The van der Waals surface area contributed by atoms with Crippen molar-refractivity contribution < 1.29 is 28.1 Å². The number of fused-ring (bicyclic) bond motifs is 1. The van der Waals surface area contributed by atoms with Crippen molar-refractivity contribution >= 4 is 51.6 Å². The topological polar surface area (TPSA) is 158 Å². The molecule has 0 aliphatic carbocycles. The molecule has 4 aliphatic rings. The molecular formula is C39H46FN9O5. The number of anilines is 3. The summed E-state index contributed by atoms with van der Waals surface area (Å²) in [7, 11) is 0. The van der Waals surface area contributed by atoms with Gasteiger partial charge < -0.3 is 29.9 Å². The van der Waals surface area contributed by atoms with Crippen molar-refractivity contribution in [1.82, 2.24) is 30.5 Å². The largest absolute Gasteiger partial charge is 0.371 e. The van der Waals surface area contributed by atoms with Gasteiger partial charge in [-0.3, -0.25) is 29.2 Å². The maximum Gasteiger partial charge on any atom is 0.294 e. The molecule has 0 radical (unpaired) electrons. The molecule has 0 unspecified atom stereocenters. The number of hydrogen-bond acceptors (Lipinski definition) is 10. The van der Waals surface area contributed by atoms with E-state index in [1.807, 2.05) is 6.07 Å². The minimum absolute atomic E-state index is 0.121. The van der Waals surface area contributed by atoms with Crippen LogP contribution in [0.4, 0.5) is 21.5 Å². The summed E-state index contributed by atoms with van der Waals surface area (Å²) in [6.07, 6.45) is 11.3. The van der Waals surface area contributed by atoms with Gasteiger partial charge in [-0.05, 0) is 87.6 Å². The van der Waals surface area contributed by atoms with Crippen LogP contribution in [0.2, 0.25) is 0 Å². The number of nitrogens with one attached hydrogen (secondary N) is 3. The van der Waals surface area contributed by atoms with E-state index in [9.17, 15) is 19.2 Å². The van der Waals surface area contributed by atoms with Crippen LogP contribution >= 0.6 is 0 Å². The van der Waals surface area contributed by atoms with E-state index in [1.54, 1.807) is 12.1 Å². The van der Waals surface area contributed by atoms with E-state index in [2.05, 4.69) is 52.8 Å². The smallest absolute Gasteiger partial charge is 0.294 e. The Morgan fingerprint density at radius 2 is 1.69 bits per heavy atom. The van der Waals surface area contributed by atoms with Crippen LogP contribution in [0, 0.1) is 11.7 Å². The van der Waals surface area contributed by atoms with Gasteiger partial charge in [0.05, 0.1) is 34.7 Å². The maximum absolute atomic E-state index is 15.1. The molecule has 284 valence electrons. The SMILES string of the molecule is O=C1CC[C@H](NC(=O)c2ccc(N3CCC(CN4CCC(n5cc6cc(NC(=O)c7ccno7)c(N7CCCCC7)cc6n5)CC4)CC3)cc2F)C(=O)N1. The summed E-state index contributed by atoms with van der Waals surface area (Å²) < 4.78 is 22.3. The number of imide groups is 1. The Morgan fingerprint density at radius 1 is 0.889 bits per heavy atom. The first-order chi connectivity index (χ1) is 26.3. The first kappa shape index (κ1) is 35.7. The Hall–Kier alpha value is -5.31. The Bertz CT molecular complexity index is 2010. The summed E-state index contributed by atoms with van der Waals surface area (Å²) in [6.45, 7) is 6.51. The van der Waals surface area contributed by atoms with E-state index in [0.29, 0.717) is 12.0 Å². The summed E-state index contributed by atoms with van der Waals surface area (Å²) in [6, 6.07) is 9.76. The summed E-state index contributed by atoms with van der Waals surface area (Å²) >= 11 is 0. The van der Waals surface area contributed by atoms with Crippen LogP contribution in [0.15, 0.2) is 53.3 Å². The molecule has 6 heterocycles. The van der Waals surface area contributed by atoms with Crippen LogP contribution in [-0.4, -0.2) is 95.3 Å². The predicted molar refractivity (Wildman–Crippen MR) is 200 cm³/mol. The summed E-state index contributed by atoms with van der Waals surface area (Å²) in [5.74, 6) is -1.85. The molecule has 8 rings (SSSR count). The standard InChI is InChI=1S/C39H46FN9O5/c40-30-21-28(4-5-29(30)37(51)42-31-6-7-36(50)44-38(31)52)47-18-9-25(10-19-47)23-46-16-11-27(12-17-46)49-24-26-20-33(43-39(53)35-8-13-41-54-35)34(22-32(26)45-49)48-14-2-1-3-15-48/h4-5,8,13,20-22,24-25,27,31H,1-3,6-7,9-12,14-19,23H2,(H,42,51)(H,43,53)(H,44,50,52)/t31-/m0/s1. The van der Waals surface area contributed by atoms with Crippen LogP contribution in [0.5, 0.6) is 0 Å². The van der Waals surface area contributed by atoms with Crippen LogP contribution in [0.3, 0.4) is 0 Å². The number of carbonyl (C=O) groups excluding carboxylic acids is 4. The van der Waals surface area contributed by atoms with E-state index in [4.69, 9.17) is 9.62 Å². The molecule has 0 bridgehead atoms. The number of nitrogens with zero attached hydrogens (tertiary/aromatic N) is 6. The number of halogens is 1. The van der Waals surface area contributed by atoms with Crippen LogP contribution < -0.4 is 25.8 Å². The Morgan fingerprint density at radius 3 is 2.41 bits per heavy atom. The van der Waals surface area contributed by atoms with Crippen molar-refractivity contribution in [3.8, 4) is 0 Å². The Labute approximate surface area is 312 Å². The molecule has 4 aromatic rings. The quantitative estimate of drug-likeness (QED) is 0.209. The highest BCUT2D eigenvalue weighted by atomic mass is 19.1. The van der Waals surface area contributed by atoms with Gasteiger partial charge in [-0.2, -0.15) is 5.10 Å². The van der Waals surface area contributed by atoms with Crippen molar-refractivity contribution in [1.29, 1.82) is 0 Å². The fraction of sp³-hybridized carbons (Fsp3) is 0.487. The zero-order valence-corrected chi connectivity index (χ0v) is 30.3. The van der Waals surface area contributed by atoms with Gasteiger partial charge in [0.25, 0.3) is 11.8 Å². The molecule has 2 aromatic heterocycles. The lowest BCUT2D eigenvalue weighted by Gasteiger charge is -2.38. The molecule has 4 amide bonds. The number of aromatic nitrogens is 3. The number of rotatable bonds is 9. The molecule has 1 atom stereocenters. The molecule has 4 fully saturated rings. The molecule has 54 heavy (non-hydrogen) atoms. The number of amides is 4. The van der Waals surface area contributed by atoms with Gasteiger partial charge in [0.2, 0.25) is 17.6 Å². The Kier molecular flexibility index (Phi) is 10.3. The zero-order chi connectivity index (χ0) is 37.2. The van der Waals surface area contributed by atoms with E-state index in [1.165, 1.54) is 24.8 Å². The van der Waals surface area contributed by atoms with Gasteiger partial charge in [0.1, 0.15) is 11.9 Å². The normalized spacial score (nSPS) is 20.6. The second kappa shape index (κ2) is 15.6. The second-order valence-corrected chi connectivity index (χ2v) is 15.0. The van der Waals surface area contributed by atoms with Crippen LogP contribution in [0.1, 0.15) is 84.7 Å². The molecule has 3 N–H and O–H groups in total. The third-order valence-electron chi connectivity index (χ3n) is 11.4. The number of carbonyl (C=O) groups is 4. The van der Waals surface area contributed by atoms with Crippen molar-refractivity contribution in [2.45, 2.75) is 69.9 Å². The lowest BCUT2D eigenvalue weighted by molar-refractivity contribution is -0.134. The Balaban J connectivity index is 0.838. The highest BCUT2D eigenvalue weighted by Crippen LogP contribution is 2.35. The fourth-order valence-corrected chi connectivity index (χ4v) is 8.34. The summed E-state index contributed by atoms with van der Waals surface area (Å²) in [5, 5.41) is 17.5. The number of hydrogen-bond donors (Lipinski definition) is 3. The number of likely N-dealkylation sites (tertiary alicyclic amines) is 1. The van der Waals surface area contributed by atoms with Crippen molar-refractivity contribution in [2.24, 2.45) is 5.92 Å². The van der Waals surface area contributed by atoms with E-state index >= 15 is 4.39 Å². The third kappa shape index (κ3) is 7.81. The molecule has 0 saturated carbocycles. The first-order valence-electron chi connectivity index (χ1n) is 19.2. The van der Waals surface area contributed by atoms with Gasteiger partial charge in [-0.1, -0.05) is 5.16 Å². The van der Waals surface area contributed by atoms with Gasteiger partial charge in [-0.25, -0.2) is 4.39 Å². The molecular weight excluding hydrogens is 693 g/mol. The molecule has 4 saturated heterocycles. The monoisotopic (exact) mass is 739 g/mol. The van der Waals surface area contributed by atoms with Crippen molar-refractivity contribution in [3.05, 3.63) is 65.9 Å². The van der Waals surface area contributed by atoms with Gasteiger partial charge in [0, 0.05) is 75.6 Å². The molecule has 0 spiro atoms. The fourth-order valence-electron chi connectivity index (χ4n) is 8.34. The summed E-state index contributed by atoms with van der Waals surface area (Å²) in [4.78, 5) is 56.1. The van der Waals surface area contributed by atoms with E-state index in [-0.39, 0.29) is 36.0 Å².